The molecule has 4 aromatic rings. The number of imidazole rings is 1. The quantitative estimate of drug-likeness (QED) is 0.557. The predicted octanol–water partition coefficient (Wildman–Crippen LogP) is 4.21. The van der Waals surface area contributed by atoms with Crippen LogP contribution in [0, 0.1) is 0 Å². The number of nitrogens with zero attached hydrogens (tertiary/aromatic N) is 4. The molecule has 6 nitrogen and oxygen atoms in total. The van der Waals surface area contributed by atoms with E-state index in [1.165, 1.54) is 0 Å². The summed E-state index contributed by atoms with van der Waals surface area (Å²) in [6, 6.07) is 14.6. The minimum absolute atomic E-state index is 0. The predicted molar refractivity (Wildman–Crippen MR) is 108 cm³/mol. The molecule has 0 saturated carbocycles. The molecule has 136 valence electrons. The first-order valence-electron chi connectivity index (χ1n) is 7.98. The zero-order valence-electron chi connectivity index (χ0n) is 14.0. The van der Waals surface area contributed by atoms with E-state index in [-0.39, 0.29) is 24.9 Å². The standard InChI is InChI=1S/C19H14ClN5O.ClH/c20-14-5-1-4-13(10-14)18-24-16-7-3-9-22-19(16)25(18)12-17(26)23-15-6-2-8-21-11-15;/h1-11H,12H2,(H,23,26);1H. The number of aromatic nitrogens is 4. The van der Waals surface area contributed by atoms with Crippen LogP contribution in [0.15, 0.2) is 67.1 Å². The lowest BCUT2D eigenvalue weighted by molar-refractivity contribution is -0.116. The first kappa shape index (κ1) is 18.8. The molecule has 0 radical (unpaired) electrons. The Morgan fingerprint density at radius 1 is 1.11 bits per heavy atom. The highest BCUT2D eigenvalue weighted by atomic mass is 35.5. The number of halogens is 2. The summed E-state index contributed by atoms with van der Waals surface area (Å²) in [4.78, 5) is 25.5. The van der Waals surface area contributed by atoms with E-state index in [2.05, 4.69) is 20.3 Å². The SMILES string of the molecule is Cl.O=C(Cn1c(-c2cccc(Cl)c2)nc2cccnc21)Nc1cccnc1. The Kier molecular flexibility index (Phi) is 5.69. The number of amides is 1. The van der Waals surface area contributed by atoms with Crippen LogP contribution >= 0.6 is 24.0 Å². The number of carbonyl (C=O) groups is 1. The third-order valence-corrected chi connectivity index (χ3v) is 4.07. The maximum atomic E-state index is 12.5. The summed E-state index contributed by atoms with van der Waals surface area (Å²) in [5.74, 6) is 0.453. The summed E-state index contributed by atoms with van der Waals surface area (Å²) in [6.45, 7) is 0.0737. The number of hydrogen-bond acceptors (Lipinski definition) is 4. The lowest BCUT2D eigenvalue weighted by Gasteiger charge is -2.09. The Morgan fingerprint density at radius 3 is 2.74 bits per heavy atom. The normalized spacial score (nSPS) is 10.4. The van der Waals surface area contributed by atoms with Crippen LogP contribution in [0.1, 0.15) is 0 Å². The minimum atomic E-state index is -0.189. The average molecular weight is 400 g/mol. The highest BCUT2D eigenvalue weighted by Gasteiger charge is 2.16. The molecule has 0 spiro atoms. The van der Waals surface area contributed by atoms with Crippen molar-refractivity contribution in [2.75, 3.05) is 5.32 Å². The van der Waals surface area contributed by atoms with Crippen LogP contribution in [0.2, 0.25) is 5.02 Å². The number of carbonyl (C=O) groups excluding carboxylic acids is 1. The van der Waals surface area contributed by atoms with Gasteiger partial charge < -0.3 is 5.32 Å². The Morgan fingerprint density at radius 2 is 1.96 bits per heavy atom. The van der Waals surface area contributed by atoms with Crippen molar-refractivity contribution in [1.29, 1.82) is 0 Å². The van der Waals surface area contributed by atoms with Crippen LogP contribution in [-0.4, -0.2) is 25.4 Å². The first-order valence-corrected chi connectivity index (χ1v) is 8.35. The summed E-state index contributed by atoms with van der Waals surface area (Å²) >= 11 is 6.12. The number of anilines is 1. The highest BCUT2D eigenvalue weighted by molar-refractivity contribution is 6.30. The van der Waals surface area contributed by atoms with Gasteiger partial charge in [-0.2, -0.15) is 0 Å². The van der Waals surface area contributed by atoms with Crippen LogP contribution < -0.4 is 5.32 Å². The van der Waals surface area contributed by atoms with Gasteiger partial charge in [0.2, 0.25) is 5.91 Å². The van der Waals surface area contributed by atoms with Gasteiger partial charge in [-0.15, -0.1) is 12.4 Å². The summed E-state index contributed by atoms with van der Waals surface area (Å²) in [5, 5.41) is 3.44. The maximum Gasteiger partial charge on any atom is 0.244 e. The van der Waals surface area contributed by atoms with Crippen molar-refractivity contribution in [2.24, 2.45) is 0 Å². The highest BCUT2D eigenvalue weighted by Crippen LogP contribution is 2.25. The molecular weight excluding hydrogens is 385 g/mol. The van der Waals surface area contributed by atoms with E-state index in [0.717, 1.165) is 11.1 Å². The average Bonchev–Trinajstić information content (AvgIpc) is 3.01. The molecule has 4 rings (SSSR count). The van der Waals surface area contributed by atoms with Crippen LogP contribution in [-0.2, 0) is 11.3 Å². The third kappa shape index (κ3) is 4.07. The number of fused-ring (bicyclic) bond motifs is 1. The van der Waals surface area contributed by atoms with Gasteiger partial charge in [0.05, 0.1) is 11.9 Å². The van der Waals surface area contributed by atoms with Crippen molar-refractivity contribution >= 4 is 46.8 Å². The van der Waals surface area contributed by atoms with Gasteiger partial charge in [0.25, 0.3) is 0 Å². The molecule has 1 N–H and O–H groups in total. The van der Waals surface area contributed by atoms with Crippen molar-refractivity contribution in [1.82, 2.24) is 19.5 Å². The minimum Gasteiger partial charge on any atom is -0.323 e. The zero-order valence-corrected chi connectivity index (χ0v) is 15.6. The van der Waals surface area contributed by atoms with Crippen molar-refractivity contribution in [3.63, 3.8) is 0 Å². The van der Waals surface area contributed by atoms with E-state index in [9.17, 15) is 4.79 Å². The largest absolute Gasteiger partial charge is 0.323 e. The Balaban J connectivity index is 0.00000210. The molecule has 27 heavy (non-hydrogen) atoms. The molecule has 0 fully saturated rings. The van der Waals surface area contributed by atoms with E-state index in [1.54, 1.807) is 41.4 Å². The van der Waals surface area contributed by atoms with Crippen LogP contribution in [0.25, 0.3) is 22.6 Å². The summed E-state index contributed by atoms with van der Waals surface area (Å²) < 4.78 is 1.78. The topological polar surface area (TPSA) is 72.7 Å². The molecule has 8 heteroatoms. The fourth-order valence-corrected chi connectivity index (χ4v) is 2.93. The lowest BCUT2D eigenvalue weighted by Crippen LogP contribution is -2.19. The Bertz CT molecular complexity index is 1080. The molecule has 0 aliphatic rings. The van der Waals surface area contributed by atoms with Gasteiger partial charge in [-0.1, -0.05) is 23.7 Å². The van der Waals surface area contributed by atoms with Crippen LogP contribution in [0.3, 0.4) is 0 Å². The summed E-state index contributed by atoms with van der Waals surface area (Å²) in [5.41, 5.74) is 2.82. The fourth-order valence-electron chi connectivity index (χ4n) is 2.74. The Hall–Kier alpha value is -2.96. The molecule has 1 aromatic carbocycles. The van der Waals surface area contributed by atoms with Crippen molar-refractivity contribution in [3.8, 4) is 11.4 Å². The van der Waals surface area contributed by atoms with Crippen molar-refractivity contribution in [2.45, 2.75) is 6.54 Å². The zero-order chi connectivity index (χ0) is 17.9. The van der Waals surface area contributed by atoms with Crippen molar-refractivity contribution in [3.05, 3.63) is 72.1 Å². The number of rotatable bonds is 4. The van der Waals surface area contributed by atoms with Gasteiger partial charge in [-0.05, 0) is 36.4 Å². The van der Waals surface area contributed by atoms with Gasteiger partial charge in [0.1, 0.15) is 17.9 Å². The monoisotopic (exact) mass is 399 g/mol. The van der Waals surface area contributed by atoms with E-state index in [4.69, 9.17) is 11.6 Å². The van der Waals surface area contributed by atoms with Crippen molar-refractivity contribution < 1.29 is 4.79 Å². The molecule has 3 heterocycles. The molecule has 0 atom stereocenters. The number of nitrogens with one attached hydrogen (secondary N) is 1. The molecule has 0 unspecified atom stereocenters. The molecule has 0 bridgehead atoms. The van der Waals surface area contributed by atoms with E-state index < -0.39 is 0 Å². The van der Waals surface area contributed by atoms with Gasteiger partial charge >= 0.3 is 0 Å². The summed E-state index contributed by atoms with van der Waals surface area (Å²) in [6.07, 6.45) is 4.93. The number of pyridine rings is 2. The van der Waals surface area contributed by atoms with E-state index in [0.29, 0.717) is 22.2 Å². The molecule has 0 aliphatic carbocycles. The van der Waals surface area contributed by atoms with Gasteiger partial charge in [0.15, 0.2) is 5.65 Å². The van der Waals surface area contributed by atoms with E-state index >= 15 is 0 Å². The third-order valence-electron chi connectivity index (χ3n) is 3.83. The summed E-state index contributed by atoms with van der Waals surface area (Å²) in [7, 11) is 0. The fraction of sp³-hybridized carbons (Fsp3) is 0.0526. The molecule has 3 aromatic heterocycles. The molecule has 0 aliphatic heterocycles. The van der Waals surface area contributed by atoms with Gasteiger partial charge in [-0.3, -0.25) is 14.3 Å². The van der Waals surface area contributed by atoms with E-state index in [1.807, 2.05) is 30.3 Å². The molecule has 1 amide bonds. The first-order chi connectivity index (χ1) is 12.7. The molecular formula is C19H15Cl2N5O. The second-order valence-electron chi connectivity index (χ2n) is 5.67. The number of benzene rings is 1. The second-order valence-corrected chi connectivity index (χ2v) is 6.10. The number of hydrogen-bond donors (Lipinski definition) is 1. The lowest BCUT2D eigenvalue weighted by atomic mass is 10.2. The van der Waals surface area contributed by atoms with Crippen LogP contribution in [0.4, 0.5) is 5.69 Å². The van der Waals surface area contributed by atoms with Gasteiger partial charge in [0, 0.05) is 23.0 Å². The smallest absolute Gasteiger partial charge is 0.244 e. The second kappa shape index (κ2) is 8.16. The maximum absolute atomic E-state index is 12.5. The Labute approximate surface area is 166 Å². The molecule has 0 saturated heterocycles. The van der Waals surface area contributed by atoms with Gasteiger partial charge in [-0.25, -0.2) is 9.97 Å². The van der Waals surface area contributed by atoms with Crippen LogP contribution in [0.5, 0.6) is 0 Å².